The lowest BCUT2D eigenvalue weighted by Gasteiger charge is -2.23. The first-order valence-corrected chi connectivity index (χ1v) is 11.1. The highest BCUT2D eigenvalue weighted by Gasteiger charge is 2.32. The number of alkyl halides is 3. The van der Waals surface area contributed by atoms with Gasteiger partial charge >= 0.3 is 6.36 Å². The van der Waals surface area contributed by atoms with Crippen molar-refractivity contribution >= 4 is 32.6 Å². The van der Waals surface area contributed by atoms with Gasteiger partial charge in [-0.3, -0.25) is 14.4 Å². The summed E-state index contributed by atoms with van der Waals surface area (Å²) in [4.78, 5) is 19.7. The van der Waals surface area contributed by atoms with Crippen LogP contribution in [0.2, 0.25) is 0 Å². The van der Waals surface area contributed by atoms with E-state index in [2.05, 4.69) is 14.8 Å². The first kappa shape index (κ1) is 22.5. The van der Waals surface area contributed by atoms with Gasteiger partial charge in [0.1, 0.15) is 11.4 Å². The zero-order valence-electron chi connectivity index (χ0n) is 17.8. The number of carbonyl (C=O) groups excluding carboxylic acids is 1. The summed E-state index contributed by atoms with van der Waals surface area (Å²) >= 11 is 1.13. The summed E-state index contributed by atoms with van der Waals surface area (Å²) in [7, 11) is 0. The van der Waals surface area contributed by atoms with Crippen LogP contribution in [0, 0.1) is 6.92 Å². The van der Waals surface area contributed by atoms with Crippen LogP contribution in [0.25, 0.3) is 10.2 Å². The molecule has 0 saturated carbocycles. The Bertz CT molecular complexity index is 1120. The molecule has 1 aromatic carbocycles. The normalized spacial score (nSPS) is 16.8. The van der Waals surface area contributed by atoms with Crippen LogP contribution in [0.5, 0.6) is 5.75 Å². The Hall–Kier alpha value is -2.66. The first-order valence-electron chi connectivity index (χ1n) is 10.3. The summed E-state index contributed by atoms with van der Waals surface area (Å²) in [5.41, 5.74) is 1.63. The highest BCUT2D eigenvalue weighted by Crippen LogP contribution is 2.34. The van der Waals surface area contributed by atoms with E-state index in [1.54, 1.807) is 15.6 Å². The van der Waals surface area contributed by atoms with Crippen molar-refractivity contribution in [1.82, 2.24) is 14.8 Å². The Balaban J connectivity index is 1.71. The molecule has 3 aromatic rings. The number of aryl methyl sites for hydroxylation is 1. The number of nitrogens with zero attached hydrogens (tertiary/aromatic N) is 4. The fraction of sp³-hybridized carbons (Fsp3) is 0.476. The monoisotopic (exact) mass is 468 g/mol. The zero-order chi connectivity index (χ0) is 23.0. The molecule has 1 atom stereocenters. The van der Waals surface area contributed by atoms with Crippen molar-refractivity contribution in [3.63, 3.8) is 0 Å². The quantitative estimate of drug-likeness (QED) is 0.503. The van der Waals surface area contributed by atoms with Crippen LogP contribution in [0.4, 0.5) is 18.3 Å². The molecule has 172 valence electrons. The number of aromatic nitrogens is 3. The lowest BCUT2D eigenvalue weighted by molar-refractivity contribution is -0.274. The van der Waals surface area contributed by atoms with Crippen LogP contribution in [-0.2, 0) is 4.74 Å². The smallest absolute Gasteiger partial charge is 0.406 e. The third kappa shape index (κ3) is 4.88. The standard InChI is InChI=1S/C21H23F3N4O3S/c1-12(2)28-17(9-13(3)26-28)19(29)27(11-15-5-4-8-30-15)20-25-16-7-6-14(10-18(16)32-20)31-21(22,23)24/h6-7,9-10,12,15H,4-5,8,11H2,1-3H3. The molecule has 1 saturated heterocycles. The van der Waals surface area contributed by atoms with E-state index >= 15 is 0 Å². The summed E-state index contributed by atoms with van der Waals surface area (Å²) in [5, 5.41) is 4.81. The molecule has 1 aliphatic heterocycles. The molecule has 0 radical (unpaired) electrons. The van der Waals surface area contributed by atoms with E-state index < -0.39 is 6.36 Å². The summed E-state index contributed by atoms with van der Waals surface area (Å²) in [6.45, 7) is 6.63. The van der Waals surface area contributed by atoms with Crippen molar-refractivity contribution in [3.8, 4) is 5.75 Å². The van der Waals surface area contributed by atoms with Gasteiger partial charge in [-0.25, -0.2) is 4.98 Å². The molecule has 1 fully saturated rings. The number of carbonyl (C=O) groups is 1. The number of benzene rings is 1. The number of hydrogen-bond acceptors (Lipinski definition) is 6. The van der Waals surface area contributed by atoms with Crippen molar-refractivity contribution in [2.24, 2.45) is 0 Å². The number of halogens is 3. The fourth-order valence-electron chi connectivity index (χ4n) is 3.65. The maximum atomic E-state index is 13.6. The molecule has 0 bridgehead atoms. The summed E-state index contributed by atoms with van der Waals surface area (Å²) in [6.07, 6.45) is -3.18. The van der Waals surface area contributed by atoms with E-state index in [1.165, 1.54) is 18.2 Å². The molecule has 0 spiro atoms. The minimum absolute atomic E-state index is 0.0235. The molecule has 11 heteroatoms. The number of amides is 1. The lowest BCUT2D eigenvalue weighted by atomic mass is 10.2. The second-order valence-corrected chi connectivity index (χ2v) is 8.94. The van der Waals surface area contributed by atoms with Gasteiger partial charge in [0, 0.05) is 18.7 Å². The number of hydrogen-bond donors (Lipinski definition) is 0. The van der Waals surface area contributed by atoms with Crippen LogP contribution in [-0.4, -0.2) is 46.3 Å². The topological polar surface area (TPSA) is 69.5 Å². The summed E-state index contributed by atoms with van der Waals surface area (Å²) in [5.74, 6) is -0.605. The second kappa shape index (κ2) is 8.70. The van der Waals surface area contributed by atoms with E-state index in [0.717, 1.165) is 29.9 Å². The number of rotatable bonds is 6. The van der Waals surface area contributed by atoms with Crippen LogP contribution < -0.4 is 9.64 Å². The van der Waals surface area contributed by atoms with E-state index in [0.29, 0.717) is 34.2 Å². The van der Waals surface area contributed by atoms with Gasteiger partial charge in [-0.1, -0.05) is 11.3 Å². The molecule has 3 heterocycles. The number of ether oxygens (including phenoxy) is 2. The van der Waals surface area contributed by atoms with Gasteiger partial charge in [-0.15, -0.1) is 13.2 Å². The van der Waals surface area contributed by atoms with Crippen molar-refractivity contribution in [2.75, 3.05) is 18.1 Å². The number of anilines is 1. The van der Waals surface area contributed by atoms with Crippen molar-refractivity contribution in [2.45, 2.75) is 52.1 Å². The Labute approximate surface area is 186 Å². The molecular weight excluding hydrogens is 445 g/mol. The van der Waals surface area contributed by atoms with E-state index in [1.807, 2.05) is 20.8 Å². The van der Waals surface area contributed by atoms with Gasteiger partial charge in [0.15, 0.2) is 5.13 Å². The SMILES string of the molecule is Cc1cc(C(=O)N(CC2CCCO2)c2nc3ccc(OC(F)(F)F)cc3s2)n(C(C)C)n1. The molecule has 0 N–H and O–H groups in total. The zero-order valence-corrected chi connectivity index (χ0v) is 18.7. The van der Waals surface area contributed by atoms with Crippen LogP contribution in [0.1, 0.15) is 48.9 Å². The largest absolute Gasteiger partial charge is 0.573 e. The Kier molecular flexibility index (Phi) is 6.13. The Morgan fingerprint density at radius 3 is 2.81 bits per heavy atom. The minimum Gasteiger partial charge on any atom is -0.406 e. The number of thiazole rings is 1. The predicted octanol–water partition coefficient (Wildman–Crippen LogP) is 5.11. The van der Waals surface area contributed by atoms with Gasteiger partial charge < -0.3 is 9.47 Å². The molecule has 32 heavy (non-hydrogen) atoms. The Morgan fingerprint density at radius 1 is 1.38 bits per heavy atom. The van der Waals surface area contributed by atoms with Gasteiger partial charge in [-0.2, -0.15) is 5.10 Å². The van der Waals surface area contributed by atoms with Crippen LogP contribution in [0.3, 0.4) is 0 Å². The van der Waals surface area contributed by atoms with E-state index in [-0.39, 0.29) is 23.8 Å². The highest BCUT2D eigenvalue weighted by atomic mass is 32.1. The van der Waals surface area contributed by atoms with Crippen molar-refractivity contribution in [3.05, 3.63) is 35.7 Å². The van der Waals surface area contributed by atoms with E-state index in [9.17, 15) is 18.0 Å². The Morgan fingerprint density at radius 2 is 2.16 bits per heavy atom. The third-order valence-electron chi connectivity index (χ3n) is 5.03. The molecule has 1 unspecified atom stereocenters. The van der Waals surface area contributed by atoms with Gasteiger partial charge in [0.25, 0.3) is 5.91 Å². The molecule has 1 amide bonds. The summed E-state index contributed by atoms with van der Waals surface area (Å²) < 4.78 is 49.7. The van der Waals surface area contributed by atoms with Gasteiger partial charge in [-0.05, 0) is 51.8 Å². The van der Waals surface area contributed by atoms with Crippen molar-refractivity contribution in [1.29, 1.82) is 0 Å². The third-order valence-corrected chi connectivity index (χ3v) is 6.08. The first-order chi connectivity index (χ1) is 15.1. The molecule has 2 aromatic heterocycles. The molecule has 0 aliphatic carbocycles. The van der Waals surface area contributed by atoms with E-state index in [4.69, 9.17) is 4.74 Å². The fourth-order valence-corrected chi connectivity index (χ4v) is 4.66. The van der Waals surface area contributed by atoms with Crippen molar-refractivity contribution < 1.29 is 27.4 Å². The lowest BCUT2D eigenvalue weighted by Crippen LogP contribution is -2.38. The number of fused-ring (bicyclic) bond motifs is 1. The average molecular weight is 469 g/mol. The van der Waals surface area contributed by atoms with Gasteiger partial charge in [0.2, 0.25) is 0 Å². The maximum Gasteiger partial charge on any atom is 0.573 e. The molecule has 4 rings (SSSR count). The predicted molar refractivity (Wildman–Crippen MR) is 114 cm³/mol. The van der Waals surface area contributed by atoms with Crippen LogP contribution >= 0.6 is 11.3 Å². The van der Waals surface area contributed by atoms with Gasteiger partial charge in [0.05, 0.1) is 28.6 Å². The molecule has 1 aliphatic rings. The molecule has 7 nitrogen and oxygen atoms in total. The highest BCUT2D eigenvalue weighted by molar-refractivity contribution is 7.22. The summed E-state index contributed by atoms with van der Waals surface area (Å²) in [6, 6.07) is 5.65. The maximum absolute atomic E-state index is 13.6. The van der Waals surface area contributed by atoms with Crippen LogP contribution in [0.15, 0.2) is 24.3 Å². The molecular formula is C21H23F3N4O3S. The second-order valence-electron chi connectivity index (χ2n) is 7.93. The average Bonchev–Trinajstić information content (AvgIpc) is 3.43. The minimum atomic E-state index is -4.78.